The van der Waals surface area contributed by atoms with E-state index in [2.05, 4.69) is 19.0 Å². The maximum atomic E-state index is 5.10. The van der Waals surface area contributed by atoms with Crippen LogP contribution < -0.4 is 0 Å². The number of rotatable bonds is 3. The molecule has 76 valence electrons. The summed E-state index contributed by atoms with van der Waals surface area (Å²) in [7, 11) is 0. The first-order chi connectivity index (χ1) is 6.24. The molecule has 0 unspecified atom stereocenters. The number of hydrogen-bond donors (Lipinski definition) is 0. The molecular weight excluding hydrogens is 166 g/mol. The third-order valence-electron chi connectivity index (χ3n) is 1.13. The second kappa shape index (κ2) is 7.80. The summed E-state index contributed by atoms with van der Waals surface area (Å²) in [4.78, 5) is 0. The Kier molecular flexibility index (Phi) is 7.30. The lowest BCUT2D eigenvalue weighted by Crippen LogP contribution is -1.88. The minimum Gasteiger partial charge on any atom is -0.374 e. The van der Waals surface area contributed by atoms with Crippen molar-refractivity contribution in [1.29, 1.82) is 0 Å². The van der Waals surface area contributed by atoms with Gasteiger partial charge >= 0.3 is 0 Å². The van der Waals surface area contributed by atoms with Crippen LogP contribution >= 0.6 is 0 Å². The third kappa shape index (κ3) is 6.34. The Morgan fingerprint density at radius 3 is 2.38 bits per heavy atom. The quantitative estimate of drug-likeness (QED) is 0.726. The lowest BCUT2D eigenvalue weighted by Gasteiger charge is -1.92. The highest BCUT2D eigenvalue weighted by Crippen LogP contribution is 2.02. The van der Waals surface area contributed by atoms with E-state index in [0.29, 0.717) is 13.2 Å². The lowest BCUT2D eigenvalue weighted by atomic mass is 10.4. The first-order valence-electron chi connectivity index (χ1n) is 4.74. The normalized spacial score (nSPS) is 9.23. The second-order valence-corrected chi connectivity index (χ2v) is 2.78. The highest BCUT2D eigenvalue weighted by molar-refractivity contribution is 5.01. The van der Waals surface area contributed by atoms with E-state index in [9.17, 15) is 0 Å². The molecule has 1 rings (SSSR count). The molecule has 0 spiro atoms. The Morgan fingerprint density at radius 2 is 2.00 bits per heavy atom. The molecule has 0 atom stereocenters. The number of ether oxygens (including phenoxy) is 1. The van der Waals surface area contributed by atoms with Crippen molar-refractivity contribution in [3.05, 3.63) is 17.5 Å². The molecule has 3 heteroatoms. The average Bonchev–Trinajstić information content (AvgIpc) is 2.49. The minimum absolute atomic E-state index is 0.525. The molecule has 0 bridgehead atoms. The summed E-state index contributed by atoms with van der Waals surface area (Å²) in [6.07, 6.45) is 1.25. The summed E-state index contributed by atoms with van der Waals surface area (Å²) in [6.45, 7) is 9.32. The van der Waals surface area contributed by atoms with E-state index >= 15 is 0 Å². The Labute approximate surface area is 80.1 Å². The molecule has 1 heterocycles. The molecule has 1 aromatic rings. The predicted octanol–water partition coefficient (Wildman–Crippen LogP) is 2.94. The fourth-order valence-electron chi connectivity index (χ4n) is 0.687. The Bertz CT molecular complexity index is 208. The van der Waals surface area contributed by atoms with E-state index in [-0.39, 0.29) is 0 Å². The van der Waals surface area contributed by atoms with Crippen molar-refractivity contribution in [2.24, 2.45) is 0 Å². The summed E-state index contributed by atoms with van der Waals surface area (Å²) >= 11 is 0. The smallest absolute Gasteiger partial charge is 0.162 e. The zero-order valence-corrected chi connectivity index (χ0v) is 8.96. The monoisotopic (exact) mass is 185 g/mol. The van der Waals surface area contributed by atoms with Crippen molar-refractivity contribution >= 4 is 0 Å². The van der Waals surface area contributed by atoms with Gasteiger partial charge in [-0.3, -0.25) is 0 Å². The highest BCUT2D eigenvalue weighted by Gasteiger charge is 1.97. The van der Waals surface area contributed by atoms with Gasteiger partial charge in [0.05, 0.1) is 5.69 Å². The van der Waals surface area contributed by atoms with Crippen molar-refractivity contribution in [1.82, 2.24) is 5.16 Å². The van der Waals surface area contributed by atoms with Crippen molar-refractivity contribution in [3.8, 4) is 0 Å². The van der Waals surface area contributed by atoms with Crippen LogP contribution in [-0.4, -0.2) is 11.8 Å². The molecule has 0 saturated carbocycles. The van der Waals surface area contributed by atoms with Crippen molar-refractivity contribution in [2.75, 3.05) is 6.61 Å². The van der Waals surface area contributed by atoms with Crippen LogP contribution in [0.4, 0.5) is 0 Å². The maximum absolute atomic E-state index is 5.10. The van der Waals surface area contributed by atoms with Crippen LogP contribution in [0.2, 0.25) is 0 Å². The lowest BCUT2D eigenvalue weighted by molar-refractivity contribution is 0.112. The summed E-state index contributed by atoms with van der Waals surface area (Å²) in [6, 6.07) is 1.87. The standard InChI is InChI=1S/C7H11NO2.C3H8/c1-3-9-5-7-4-6(2)8-10-7;1-3-2/h4H,3,5H2,1-2H3;3H2,1-2H3. The van der Waals surface area contributed by atoms with E-state index in [1.165, 1.54) is 6.42 Å². The molecular formula is C10H19NO2. The van der Waals surface area contributed by atoms with Crippen LogP contribution in [0.15, 0.2) is 10.6 Å². The first-order valence-corrected chi connectivity index (χ1v) is 4.74. The van der Waals surface area contributed by atoms with Gasteiger partial charge in [0, 0.05) is 12.7 Å². The fourth-order valence-corrected chi connectivity index (χ4v) is 0.687. The van der Waals surface area contributed by atoms with Gasteiger partial charge in [0.2, 0.25) is 0 Å². The molecule has 13 heavy (non-hydrogen) atoms. The molecule has 0 aliphatic carbocycles. The van der Waals surface area contributed by atoms with Crippen molar-refractivity contribution in [3.63, 3.8) is 0 Å². The SMILES string of the molecule is CCC.CCOCc1cc(C)no1. The second-order valence-electron chi connectivity index (χ2n) is 2.78. The molecule has 3 nitrogen and oxygen atoms in total. The molecule has 0 amide bonds. The Hall–Kier alpha value is -0.830. The van der Waals surface area contributed by atoms with Gasteiger partial charge in [0.15, 0.2) is 5.76 Å². The van der Waals surface area contributed by atoms with Gasteiger partial charge in [-0.15, -0.1) is 0 Å². The molecule has 0 saturated heterocycles. The topological polar surface area (TPSA) is 35.3 Å². The van der Waals surface area contributed by atoms with Gasteiger partial charge in [0.1, 0.15) is 6.61 Å². The predicted molar refractivity (Wildman–Crippen MR) is 52.5 cm³/mol. The molecule has 0 aliphatic heterocycles. The summed E-state index contributed by atoms with van der Waals surface area (Å²) in [5.41, 5.74) is 0.898. The van der Waals surface area contributed by atoms with E-state index in [0.717, 1.165) is 11.5 Å². The third-order valence-corrected chi connectivity index (χ3v) is 1.13. The molecule has 0 aliphatic rings. The van der Waals surface area contributed by atoms with Crippen LogP contribution in [0.25, 0.3) is 0 Å². The Morgan fingerprint density at radius 1 is 1.38 bits per heavy atom. The van der Waals surface area contributed by atoms with Gasteiger partial charge in [-0.2, -0.15) is 0 Å². The van der Waals surface area contributed by atoms with Crippen LogP contribution in [-0.2, 0) is 11.3 Å². The van der Waals surface area contributed by atoms with E-state index in [4.69, 9.17) is 9.26 Å². The van der Waals surface area contributed by atoms with E-state index in [1.807, 2.05) is 19.9 Å². The summed E-state index contributed by atoms with van der Waals surface area (Å²) in [5, 5.41) is 3.71. The van der Waals surface area contributed by atoms with E-state index in [1.54, 1.807) is 0 Å². The maximum Gasteiger partial charge on any atom is 0.162 e. The van der Waals surface area contributed by atoms with Gasteiger partial charge in [-0.05, 0) is 13.8 Å². The van der Waals surface area contributed by atoms with Crippen molar-refractivity contribution in [2.45, 2.75) is 40.7 Å². The van der Waals surface area contributed by atoms with Crippen LogP contribution in [0.5, 0.6) is 0 Å². The number of aryl methyl sites for hydroxylation is 1. The fraction of sp³-hybridized carbons (Fsp3) is 0.700. The molecule has 0 fully saturated rings. The van der Waals surface area contributed by atoms with Gasteiger partial charge in [0.25, 0.3) is 0 Å². The number of aromatic nitrogens is 1. The molecule has 0 N–H and O–H groups in total. The molecule has 1 aromatic heterocycles. The van der Waals surface area contributed by atoms with Gasteiger partial charge < -0.3 is 9.26 Å². The summed E-state index contributed by atoms with van der Waals surface area (Å²) in [5.74, 6) is 0.791. The number of hydrogen-bond acceptors (Lipinski definition) is 3. The van der Waals surface area contributed by atoms with Crippen LogP contribution in [0.3, 0.4) is 0 Å². The van der Waals surface area contributed by atoms with Gasteiger partial charge in [-0.25, -0.2) is 0 Å². The Balaban J connectivity index is 0.000000424. The summed E-state index contributed by atoms with van der Waals surface area (Å²) < 4.78 is 9.99. The van der Waals surface area contributed by atoms with Gasteiger partial charge in [-0.1, -0.05) is 25.4 Å². The highest BCUT2D eigenvalue weighted by atomic mass is 16.5. The minimum atomic E-state index is 0.525. The van der Waals surface area contributed by atoms with E-state index < -0.39 is 0 Å². The zero-order valence-electron chi connectivity index (χ0n) is 8.96. The van der Waals surface area contributed by atoms with Crippen molar-refractivity contribution < 1.29 is 9.26 Å². The molecule has 0 radical (unpaired) electrons. The van der Waals surface area contributed by atoms with Crippen LogP contribution in [0, 0.1) is 6.92 Å². The largest absolute Gasteiger partial charge is 0.374 e. The van der Waals surface area contributed by atoms with Crippen LogP contribution in [0.1, 0.15) is 38.6 Å². The molecule has 0 aromatic carbocycles. The average molecular weight is 185 g/mol. The first kappa shape index (κ1) is 12.2. The zero-order chi connectivity index (χ0) is 10.1. The number of nitrogens with zero attached hydrogens (tertiary/aromatic N) is 1.